The quantitative estimate of drug-likeness (QED) is 0.830. The predicted molar refractivity (Wildman–Crippen MR) is 84.4 cm³/mol. The third-order valence-electron chi connectivity index (χ3n) is 5.46. The van der Waals surface area contributed by atoms with Crippen LogP contribution < -0.4 is 5.32 Å². The highest BCUT2D eigenvalue weighted by atomic mass is 79.9. The molecule has 1 aliphatic heterocycles. The van der Waals surface area contributed by atoms with Gasteiger partial charge in [-0.25, -0.2) is 0 Å². The molecule has 3 unspecified atom stereocenters. The molecule has 3 rings (SSSR count). The van der Waals surface area contributed by atoms with Crippen molar-refractivity contribution in [2.75, 3.05) is 13.1 Å². The van der Waals surface area contributed by atoms with E-state index in [1.165, 1.54) is 48.7 Å². The fourth-order valence-electron chi connectivity index (χ4n) is 4.33. The van der Waals surface area contributed by atoms with E-state index in [4.69, 9.17) is 0 Å². The molecule has 0 radical (unpaired) electrons. The Morgan fingerprint density at radius 2 is 2.26 bits per heavy atom. The van der Waals surface area contributed by atoms with Gasteiger partial charge < -0.3 is 5.32 Å². The maximum atomic E-state index is 3.63. The molecule has 0 bridgehead atoms. The highest BCUT2D eigenvalue weighted by molar-refractivity contribution is 9.10. The van der Waals surface area contributed by atoms with Crippen LogP contribution in [0.25, 0.3) is 0 Å². The standard InChI is InChI=1S/C17H24BrN/c1-2-13-6-7-17(11-13)8-9-19-12-16(17)14-4-3-5-15(18)10-14/h3-5,10,13,16,19H,2,6-9,11-12H2,1H3. The molecule has 1 spiro atoms. The Balaban J connectivity index is 1.89. The number of nitrogens with one attached hydrogen (secondary N) is 1. The highest BCUT2D eigenvalue weighted by Gasteiger charge is 2.46. The molecule has 104 valence electrons. The fourth-order valence-corrected chi connectivity index (χ4v) is 4.75. The second-order valence-corrected chi connectivity index (χ2v) is 7.36. The van der Waals surface area contributed by atoms with Gasteiger partial charge in [0.25, 0.3) is 0 Å². The summed E-state index contributed by atoms with van der Waals surface area (Å²) in [7, 11) is 0. The van der Waals surface area contributed by atoms with Crippen LogP contribution in [-0.4, -0.2) is 13.1 Å². The average Bonchev–Trinajstić information content (AvgIpc) is 2.83. The van der Waals surface area contributed by atoms with Crippen molar-refractivity contribution in [2.24, 2.45) is 11.3 Å². The van der Waals surface area contributed by atoms with Crippen molar-refractivity contribution in [1.29, 1.82) is 0 Å². The molecule has 1 heterocycles. The third-order valence-corrected chi connectivity index (χ3v) is 5.95. The fraction of sp³-hybridized carbons (Fsp3) is 0.647. The van der Waals surface area contributed by atoms with Crippen molar-refractivity contribution in [3.63, 3.8) is 0 Å². The van der Waals surface area contributed by atoms with Gasteiger partial charge in [-0.2, -0.15) is 0 Å². The second kappa shape index (κ2) is 5.57. The Bertz CT molecular complexity index is 445. The Morgan fingerprint density at radius 3 is 3.00 bits per heavy atom. The van der Waals surface area contributed by atoms with Gasteiger partial charge in [0.15, 0.2) is 0 Å². The summed E-state index contributed by atoms with van der Waals surface area (Å²) < 4.78 is 1.22. The Kier molecular flexibility index (Phi) is 4.00. The molecule has 2 heteroatoms. The number of rotatable bonds is 2. The molecule has 0 aromatic heterocycles. The lowest BCUT2D eigenvalue weighted by atomic mass is 9.66. The molecular weight excluding hydrogens is 298 g/mol. The van der Waals surface area contributed by atoms with Crippen LogP contribution in [0.15, 0.2) is 28.7 Å². The highest BCUT2D eigenvalue weighted by Crippen LogP contribution is 2.55. The number of piperidine rings is 1. The topological polar surface area (TPSA) is 12.0 Å². The first-order valence-electron chi connectivity index (χ1n) is 7.70. The molecule has 1 aliphatic carbocycles. The SMILES string of the molecule is CCC1CCC2(CCNCC2c2cccc(Br)c2)C1. The Morgan fingerprint density at radius 1 is 1.37 bits per heavy atom. The van der Waals surface area contributed by atoms with Gasteiger partial charge in [-0.1, -0.05) is 41.4 Å². The lowest BCUT2D eigenvalue weighted by molar-refractivity contribution is 0.162. The minimum atomic E-state index is 0.576. The molecule has 1 nitrogen and oxygen atoms in total. The van der Waals surface area contributed by atoms with Crippen LogP contribution in [0.1, 0.15) is 50.5 Å². The zero-order valence-electron chi connectivity index (χ0n) is 11.8. The zero-order valence-corrected chi connectivity index (χ0v) is 13.4. The number of hydrogen-bond donors (Lipinski definition) is 1. The Labute approximate surface area is 125 Å². The largest absolute Gasteiger partial charge is 0.316 e. The van der Waals surface area contributed by atoms with Crippen molar-refractivity contribution in [3.05, 3.63) is 34.3 Å². The lowest BCUT2D eigenvalue weighted by Crippen LogP contribution is -2.42. The summed E-state index contributed by atoms with van der Waals surface area (Å²) in [5.41, 5.74) is 2.10. The van der Waals surface area contributed by atoms with Crippen LogP contribution >= 0.6 is 15.9 Å². The molecule has 0 amide bonds. The second-order valence-electron chi connectivity index (χ2n) is 6.44. The van der Waals surface area contributed by atoms with E-state index in [1.54, 1.807) is 0 Å². The van der Waals surface area contributed by atoms with E-state index in [0.29, 0.717) is 11.3 Å². The van der Waals surface area contributed by atoms with Crippen molar-refractivity contribution >= 4 is 15.9 Å². The van der Waals surface area contributed by atoms with Crippen LogP contribution in [-0.2, 0) is 0 Å². The molecule has 1 aromatic carbocycles. The molecule has 3 atom stereocenters. The van der Waals surface area contributed by atoms with E-state index in [9.17, 15) is 0 Å². The Hall–Kier alpha value is -0.340. The number of halogens is 1. The summed E-state index contributed by atoms with van der Waals surface area (Å²) in [5, 5.41) is 3.62. The van der Waals surface area contributed by atoms with Crippen molar-refractivity contribution < 1.29 is 0 Å². The summed E-state index contributed by atoms with van der Waals surface area (Å²) in [4.78, 5) is 0. The molecular formula is C17H24BrN. The normalized spacial score (nSPS) is 34.8. The molecule has 1 aromatic rings. The summed E-state index contributed by atoms with van der Waals surface area (Å²) >= 11 is 3.63. The van der Waals surface area contributed by atoms with E-state index in [0.717, 1.165) is 12.5 Å². The van der Waals surface area contributed by atoms with E-state index in [2.05, 4.69) is 52.4 Å². The van der Waals surface area contributed by atoms with E-state index < -0.39 is 0 Å². The smallest absolute Gasteiger partial charge is 0.0178 e. The van der Waals surface area contributed by atoms with Crippen LogP contribution in [0.3, 0.4) is 0 Å². The van der Waals surface area contributed by atoms with Crippen molar-refractivity contribution in [3.8, 4) is 0 Å². The third kappa shape index (κ3) is 2.62. The molecule has 2 fully saturated rings. The number of benzene rings is 1. The van der Waals surface area contributed by atoms with Gasteiger partial charge in [-0.05, 0) is 61.3 Å². The first-order valence-corrected chi connectivity index (χ1v) is 8.49. The average molecular weight is 322 g/mol. The first kappa shape index (κ1) is 13.6. The van der Waals surface area contributed by atoms with Gasteiger partial charge in [0.1, 0.15) is 0 Å². The summed E-state index contributed by atoms with van der Waals surface area (Å²) in [6.45, 7) is 4.73. The summed E-state index contributed by atoms with van der Waals surface area (Å²) in [6, 6.07) is 8.98. The zero-order chi connectivity index (χ0) is 13.3. The van der Waals surface area contributed by atoms with Gasteiger partial charge in [-0.15, -0.1) is 0 Å². The van der Waals surface area contributed by atoms with Crippen LogP contribution in [0, 0.1) is 11.3 Å². The minimum Gasteiger partial charge on any atom is -0.316 e. The molecule has 19 heavy (non-hydrogen) atoms. The van der Waals surface area contributed by atoms with Gasteiger partial charge in [0, 0.05) is 16.9 Å². The van der Waals surface area contributed by atoms with E-state index >= 15 is 0 Å². The number of hydrogen-bond acceptors (Lipinski definition) is 1. The van der Waals surface area contributed by atoms with Crippen molar-refractivity contribution in [1.82, 2.24) is 5.32 Å². The maximum Gasteiger partial charge on any atom is 0.0178 e. The van der Waals surface area contributed by atoms with Gasteiger partial charge in [0.2, 0.25) is 0 Å². The summed E-state index contributed by atoms with van der Waals surface area (Å²) in [5.74, 6) is 1.67. The van der Waals surface area contributed by atoms with Gasteiger partial charge >= 0.3 is 0 Å². The van der Waals surface area contributed by atoms with Crippen molar-refractivity contribution in [2.45, 2.75) is 44.9 Å². The van der Waals surface area contributed by atoms with E-state index in [-0.39, 0.29) is 0 Å². The molecule has 1 saturated heterocycles. The minimum absolute atomic E-state index is 0.576. The molecule has 2 aliphatic rings. The maximum absolute atomic E-state index is 3.63. The molecule has 1 N–H and O–H groups in total. The summed E-state index contributed by atoms with van der Waals surface area (Å²) in [6.07, 6.45) is 7.05. The van der Waals surface area contributed by atoms with Gasteiger partial charge in [0.05, 0.1) is 0 Å². The predicted octanol–water partition coefficient (Wildman–Crippen LogP) is 4.72. The van der Waals surface area contributed by atoms with Crippen LogP contribution in [0.5, 0.6) is 0 Å². The lowest BCUT2D eigenvalue weighted by Gasteiger charge is -2.43. The van der Waals surface area contributed by atoms with Gasteiger partial charge in [-0.3, -0.25) is 0 Å². The van der Waals surface area contributed by atoms with Crippen LogP contribution in [0.4, 0.5) is 0 Å². The molecule has 1 saturated carbocycles. The monoisotopic (exact) mass is 321 g/mol. The van der Waals surface area contributed by atoms with E-state index in [1.807, 2.05) is 0 Å². The first-order chi connectivity index (χ1) is 9.23. The van der Waals surface area contributed by atoms with Crippen LogP contribution in [0.2, 0.25) is 0 Å².